The van der Waals surface area contributed by atoms with Gasteiger partial charge in [0.25, 0.3) is 5.91 Å². The summed E-state index contributed by atoms with van der Waals surface area (Å²) >= 11 is 0. The van der Waals surface area contributed by atoms with Gasteiger partial charge in [-0.15, -0.1) is 24.8 Å². The highest BCUT2D eigenvalue weighted by Gasteiger charge is 2.18. The lowest BCUT2D eigenvalue weighted by Crippen LogP contribution is -2.46. The summed E-state index contributed by atoms with van der Waals surface area (Å²) in [6, 6.07) is 8.17. The molecule has 24 heavy (non-hydrogen) atoms. The highest BCUT2D eigenvalue weighted by molar-refractivity contribution is 5.94. The van der Waals surface area contributed by atoms with E-state index < -0.39 is 0 Å². The van der Waals surface area contributed by atoms with Crippen LogP contribution in [0.1, 0.15) is 15.9 Å². The molecule has 1 amide bonds. The molecule has 2 aliphatic heterocycles. The molecule has 2 heterocycles. The number of piperazine rings is 2. The Kier molecular flexibility index (Phi) is 9.02. The second-order valence-corrected chi connectivity index (χ2v) is 6.32. The molecule has 2 saturated heterocycles. The Morgan fingerprint density at radius 3 is 2.12 bits per heavy atom. The lowest BCUT2D eigenvalue weighted by atomic mass is 10.1. The van der Waals surface area contributed by atoms with Crippen molar-refractivity contribution in [1.82, 2.24) is 20.0 Å². The smallest absolute Gasteiger partial charge is 0.253 e. The zero-order valence-corrected chi connectivity index (χ0v) is 15.9. The first-order chi connectivity index (χ1) is 10.7. The molecule has 2 fully saturated rings. The van der Waals surface area contributed by atoms with Crippen LogP contribution in [0.3, 0.4) is 0 Å². The molecule has 136 valence electrons. The Balaban J connectivity index is 0.00000144. The van der Waals surface area contributed by atoms with E-state index in [0.717, 1.165) is 64.5 Å². The number of nitrogens with zero attached hydrogens (tertiary/aromatic N) is 3. The molecule has 0 aliphatic carbocycles. The van der Waals surface area contributed by atoms with Gasteiger partial charge in [0.15, 0.2) is 0 Å². The maximum Gasteiger partial charge on any atom is 0.253 e. The van der Waals surface area contributed by atoms with Gasteiger partial charge in [-0.2, -0.15) is 0 Å². The second-order valence-electron chi connectivity index (χ2n) is 6.32. The SMILES string of the molecule is CN1CCN(Cc2ccc(C(=O)N3CCNCC3)cc2)CC1.Cl.Cl. The normalized spacial score (nSPS) is 19.3. The van der Waals surface area contributed by atoms with Crippen LogP contribution < -0.4 is 5.32 Å². The van der Waals surface area contributed by atoms with Gasteiger partial charge < -0.3 is 15.1 Å². The third kappa shape index (κ3) is 5.60. The summed E-state index contributed by atoms with van der Waals surface area (Å²) in [7, 11) is 2.17. The molecule has 7 heteroatoms. The average Bonchev–Trinajstić information content (AvgIpc) is 2.58. The van der Waals surface area contributed by atoms with Crippen molar-refractivity contribution in [3.63, 3.8) is 0 Å². The number of carbonyl (C=O) groups is 1. The van der Waals surface area contributed by atoms with Gasteiger partial charge >= 0.3 is 0 Å². The summed E-state index contributed by atoms with van der Waals surface area (Å²) in [5, 5.41) is 3.28. The fraction of sp³-hybridized carbons (Fsp3) is 0.588. The van der Waals surface area contributed by atoms with E-state index in [4.69, 9.17) is 0 Å². The number of likely N-dealkylation sites (N-methyl/N-ethyl adjacent to an activating group) is 1. The first kappa shape index (κ1) is 21.2. The van der Waals surface area contributed by atoms with Crippen molar-refractivity contribution < 1.29 is 4.79 Å². The van der Waals surface area contributed by atoms with Crippen molar-refractivity contribution in [2.24, 2.45) is 0 Å². The molecule has 0 saturated carbocycles. The van der Waals surface area contributed by atoms with Crippen molar-refractivity contribution >= 4 is 30.7 Å². The zero-order chi connectivity index (χ0) is 15.4. The average molecular weight is 375 g/mol. The quantitative estimate of drug-likeness (QED) is 0.865. The molecule has 0 aromatic heterocycles. The van der Waals surface area contributed by atoms with E-state index in [1.165, 1.54) is 5.56 Å². The van der Waals surface area contributed by atoms with Gasteiger partial charge in [-0.1, -0.05) is 12.1 Å². The number of hydrogen-bond donors (Lipinski definition) is 1. The fourth-order valence-corrected chi connectivity index (χ4v) is 3.07. The summed E-state index contributed by atoms with van der Waals surface area (Å²) in [6.45, 7) is 8.91. The zero-order valence-electron chi connectivity index (χ0n) is 14.2. The van der Waals surface area contributed by atoms with Gasteiger partial charge in [0.1, 0.15) is 0 Å². The van der Waals surface area contributed by atoms with Crippen LogP contribution >= 0.6 is 24.8 Å². The van der Waals surface area contributed by atoms with Gasteiger partial charge in [-0.05, 0) is 24.7 Å². The van der Waals surface area contributed by atoms with Crippen molar-refractivity contribution in [1.29, 1.82) is 0 Å². The van der Waals surface area contributed by atoms with Gasteiger partial charge in [0.2, 0.25) is 0 Å². The molecular weight excluding hydrogens is 347 g/mol. The third-order valence-electron chi connectivity index (χ3n) is 4.61. The van der Waals surface area contributed by atoms with Crippen LogP contribution in [0.4, 0.5) is 0 Å². The topological polar surface area (TPSA) is 38.8 Å². The number of hydrogen-bond acceptors (Lipinski definition) is 4. The highest BCUT2D eigenvalue weighted by Crippen LogP contribution is 2.12. The molecule has 1 N–H and O–H groups in total. The molecule has 0 unspecified atom stereocenters. The summed E-state index contributed by atoms with van der Waals surface area (Å²) in [4.78, 5) is 19.2. The minimum atomic E-state index is 0. The molecule has 5 nitrogen and oxygen atoms in total. The predicted octanol–water partition coefficient (Wildman–Crippen LogP) is 1.32. The number of carbonyl (C=O) groups excluding carboxylic acids is 1. The monoisotopic (exact) mass is 374 g/mol. The first-order valence-corrected chi connectivity index (χ1v) is 8.22. The van der Waals surface area contributed by atoms with E-state index in [2.05, 4.69) is 34.3 Å². The van der Waals surface area contributed by atoms with Crippen LogP contribution in [0.25, 0.3) is 0 Å². The van der Waals surface area contributed by atoms with Crippen molar-refractivity contribution in [2.45, 2.75) is 6.54 Å². The van der Waals surface area contributed by atoms with Crippen molar-refractivity contribution in [3.05, 3.63) is 35.4 Å². The fourth-order valence-electron chi connectivity index (χ4n) is 3.07. The predicted molar refractivity (Wildman–Crippen MR) is 102 cm³/mol. The maximum atomic E-state index is 12.4. The summed E-state index contributed by atoms with van der Waals surface area (Å²) in [5.41, 5.74) is 2.10. The third-order valence-corrected chi connectivity index (χ3v) is 4.61. The number of amides is 1. The number of halogens is 2. The van der Waals surface area contributed by atoms with Crippen LogP contribution in [-0.4, -0.2) is 80.0 Å². The minimum absolute atomic E-state index is 0. The van der Waals surface area contributed by atoms with Crippen LogP contribution in [-0.2, 0) is 6.54 Å². The molecule has 2 aliphatic rings. The van der Waals surface area contributed by atoms with Gasteiger partial charge in [0.05, 0.1) is 0 Å². The number of nitrogens with one attached hydrogen (secondary N) is 1. The molecule has 3 rings (SSSR count). The first-order valence-electron chi connectivity index (χ1n) is 8.22. The number of benzene rings is 1. The van der Waals surface area contributed by atoms with Crippen LogP contribution in [0.15, 0.2) is 24.3 Å². The highest BCUT2D eigenvalue weighted by atomic mass is 35.5. The summed E-state index contributed by atoms with van der Waals surface area (Å²) in [6.07, 6.45) is 0. The van der Waals surface area contributed by atoms with E-state index in [0.29, 0.717) is 0 Å². The molecule has 0 spiro atoms. The standard InChI is InChI=1S/C17H26N4O.2ClH/c1-19-10-12-20(13-11-19)14-15-2-4-16(5-3-15)17(22)21-8-6-18-7-9-21;;/h2-5,18H,6-14H2,1H3;2*1H. The van der Waals surface area contributed by atoms with Gasteiger partial charge in [0, 0.05) is 64.5 Å². The van der Waals surface area contributed by atoms with Crippen molar-refractivity contribution in [2.75, 3.05) is 59.4 Å². The molecule has 1 aromatic carbocycles. The van der Waals surface area contributed by atoms with Gasteiger partial charge in [-0.25, -0.2) is 0 Å². The van der Waals surface area contributed by atoms with E-state index in [-0.39, 0.29) is 30.7 Å². The molecule has 0 radical (unpaired) electrons. The van der Waals surface area contributed by atoms with E-state index in [9.17, 15) is 4.79 Å². The second kappa shape index (κ2) is 10.2. The van der Waals surface area contributed by atoms with Gasteiger partial charge in [-0.3, -0.25) is 9.69 Å². The Bertz CT molecular complexity index is 498. The van der Waals surface area contributed by atoms with E-state index in [1.54, 1.807) is 0 Å². The lowest BCUT2D eigenvalue weighted by molar-refractivity contribution is 0.0736. The van der Waals surface area contributed by atoms with E-state index >= 15 is 0 Å². The van der Waals surface area contributed by atoms with E-state index in [1.807, 2.05) is 17.0 Å². The Morgan fingerprint density at radius 1 is 0.958 bits per heavy atom. The molecule has 0 bridgehead atoms. The molecule has 1 aromatic rings. The Morgan fingerprint density at radius 2 is 1.54 bits per heavy atom. The summed E-state index contributed by atoms with van der Waals surface area (Å²) in [5.74, 6) is 0.160. The Hall–Kier alpha value is -0.850. The summed E-state index contributed by atoms with van der Waals surface area (Å²) < 4.78 is 0. The maximum absolute atomic E-state index is 12.4. The number of rotatable bonds is 3. The van der Waals surface area contributed by atoms with Crippen LogP contribution in [0, 0.1) is 0 Å². The Labute approximate surface area is 157 Å². The van der Waals surface area contributed by atoms with Crippen molar-refractivity contribution in [3.8, 4) is 0 Å². The van der Waals surface area contributed by atoms with Crippen LogP contribution in [0.2, 0.25) is 0 Å². The molecule has 0 atom stereocenters. The van der Waals surface area contributed by atoms with Crippen LogP contribution in [0.5, 0.6) is 0 Å². The minimum Gasteiger partial charge on any atom is -0.336 e. The lowest BCUT2D eigenvalue weighted by Gasteiger charge is -2.32. The molecular formula is C17H28Cl2N4O. The largest absolute Gasteiger partial charge is 0.336 e.